The number of rotatable bonds is 5. The Bertz CT molecular complexity index is 455. The number of nitrogens with zero attached hydrogens (tertiary/aromatic N) is 4. The lowest BCUT2D eigenvalue weighted by Gasteiger charge is -2.21. The lowest BCUT2D eigenvalue weighted by atomic mass is 10.0. The van der Waals surface area contributed by atoms with Gasteiger partial charge in [0, 0.05) is 24.9 Å². The molecule has 1 saturated carbocycles. The van der Waals surface area contributed by atoms with Gasteiger partial charge in [0.1, 0.15) is 0 Å². The number of nitrogens with one attached hydrogen (secondary N) is 1. The summed E-state index contributed by atoms with van der Waals surface area (Å²) in [6, 6.07) is 0. The molecule has 1 N–H and O–H groups in total. The van der Waals surface area contributed by atoms with E-state index in [2.05, 4.69) is 27.1 Å². The third-order valence-corrected chi connectivity index (χ3v) is 5.35. The Hall–Kier alpha value is -1.04. The van der Waals surface area contributed by atoms with Gasteiger partial charge in [0.2, 0.25) is 11.9 Å². The van der Waals surface area contributed by atoms with Crippen LogP contribution in [0.3, 0.4) is 0 Å². The van der Waals surface area contributed by atoms with E-state index in [1.807, 2.05) is 11.8 Å². The Labute approximate surface area is 131 Å². The molecule has 6 heteroatoms. The third kappa shape index (κ3) is 3.99. The van der Waals surface area contributed by atoms with Crippen LogP contribution in [0, 0.1) is 0 Å². The van der Waals surface area contributed by atoms with Gasteiger partial charge in [-0.05, 0) is 32.6 Å². The highest BCUT2D eigenvalue weighted by Crippen LogP contribution is 2.32. The zero-order chi connectivity index (χ0) is 14.5. The first-order valence-corrected chi connectivity index (χ1v) is 9.14. The van der Waals surface area contributed by atoms with Gasteiger partial charge in [-0.15, -0.1) is 0 Å². The van der Waals surface area contributed by atoms with Crippen molar-refractivity contribution < 1.29 is 0 Å². The summed E-state index contributed by atoms with van der Waals surface area (Å²) < 4.78 is 0. The maximum absolute atomic E-state index is 4.72. The second kappa shape index (κ2) is 7.29. The van der Waals surface area contributed by atoms with Crippen molar-refractivity contribution >= 4 is 23.7 Å². The van der Waals surface area contributed by atoms with Gasteiger partial charge in [-0.25, -0.2) is 0 Å². The van der Waals surface area contributed by atoms with E-state index in [0.717, 1.165) is 36.7 Å². The van der Waals surface area contributed by atoms with Crippen LogP contribution in [0.15, 0.2) is 5.16 Å². The van der Waals surface area contributed by atoms with Crippen molar-refractivity contribution in [1.82, 2.24) is 15.0 Å². The molecule has 1 aromatic heterocycles. The molecule has 1 saturated heterocycles. The average molecular weight is 307 g/mol. The van der Waals surface area contributed by atoms with E-state index in [-0.39, 0.29) is 0 Å². The number of thioether (sulfide) groups is 1. The number of anilines is 2. The molecule has 0 unspecified atom stereocenters. The van der Waals surface area contributed by atoms with Gasteiger partial charge >= 0.3 is 0 Å². The molecule has 21 heavy (non-hydrogen) atoms. The SMILES string of the molecule is CCNc1nc(SC2CCCCC2)nc(N2CCCC2)n1. The third-order valence-electron chi connectivity index (χ3n) is 4.15. The van der Waals surface area contributed by atoms with Crippen LogP contribution in [0.25, 0.3) is 0 Å². The van der Waals surface area contributed by atoms with E-state index in [4.69, 9.17) is 4.98 Å². The minimum Gasteiger partial charge on any atom is -0.354 e. The van der Waals surface area contributed by atoms with E-state index in [1.54, 1.807) is 0 Å². The molecule has 2 fully saturated rings. The number of hydrogen-bond donors (Lipinski definition) is 1. The average Bonchev–Trinajstić information content (AvgIpc) is 3.03. The molecule has 2 heterocycles. The Morgan fingerprint density at radius 1 is 1.05 bits per heavy atom. The maximum Gasteiger partial charge on any atom is 0.231 e. The largest absolute Gasteiger partial charge is 0.354 e. The summed E-state index contributed by atoms with van der Waals surface area (Å²) in [7, 11) is 0. The first-order valence-electron chi connectivity index (χ1n) is 8.26. The molecule has 3 rings (SSSR count). The van der Waals surface area contributed by atoms with Crippen molar-refractivity contribution in [2.45, 2.75) is 62.3 Å². The highest BCUT2D eigenvalue weighted by molar-refractivity contribution is 7.99. The van der Waals surface area contributed by atoms with Gasteiger partial charge in [0.15, 0.2) is 5.16 Å². The lowest BCUT2D eigenvalue weighted by molar-refractivity contribution is 0.515. The van der Waals surface area contributed by atoms with Crippen LogP contribution in [-0.4, -0.2) is 39.8 Å². The summed E-state index contributed by atoms with van der Waals surface area (Å²) in [4.78, 5) is 16.2. The van der Waals surface area contributed by atoms with Crippen molar-refractivity contribution in [3.05, 3.63) is 0 Å². The first kappa shape index (κ1) is 14.9. The molecule has 2 aliphatic rings. The highest BCUT2D eigenvalue weighted by atomic mass is 32.2. The van der Waals surface area contributed by atoms with Crippen LogP contribution in [0.1, 0.15) is 51.9 Å². The molecule has 0 atom stereocenters. The van der Waals surface area contributed by atoms with Crippen molar-refractivity contribution in [1.29, 1.82) is 0 Å². The minimum absolute atomic E-state index is 0.682. The predicted octanol–water partition coefficient (Wildman–Crippen LogP) is 3.33. The number of hydrogen-bond acceptors (Lipinski definition) is 6. The molecule has 1 aliphatic carbocycles. The molecule has 0 amide bonds. The fourth-order valence-corrected chi connectivity index (χ4v) is 4.17. The van der Waals surface area contributed by atoms with Crippen LogP contribution >= 0.6 is 11.8 Å². The normalized spacial score (nSPS) is 20.0. The van der Waals surface area contributed by atoms with Crippen molar-refractivity contribution in [2.24, 2.45) is 0 Å². The minimum atomic E-state index is 0.682. The van der Waals surface area contributed by atoms with Crippen LogP contribution in [0.2, 0.25) is 0 Å². The summed E-state index contributed by atoms with van der Waals surface area (Å²) >= 11 is 1.85. The van der Waals surface area contributed by atoms with Crippen molar-refractivity contribution in [2.75, 3.05) is 29.9 Å². The van der Waals surface area contributed by atoms with Gasteiger partial charge < -0.3 is 10.2 Å². The Balaban J connectivity index is 1.76. The summed E-state index contributed by atoms with van der Waals surface area (Å²) in [5.74, 6) is 1.59. The maximum atomic E-state index is 4.72. The lowest BCUT2D eigenvalue weighted by Crippen LogP contribution is -2.22. The molecular formula is C15H25N5S. The Morgan fingerprint density at radius 3 is 2.52 bits per heavy atom. The smallest absolute Gasteiger partial charge is 0.231 e. The Kier molecular flexibility index (Phi) is 5.17. The molecule has 116 valence electrons. The van der Waals surface area contributed by atoms with E-state index in [1.165, 1.54) is 44.9 Å². The number of aromatic nitrogens is 3. The molecule has 0 aromatic carbocycles. The standard InChI is InChI=1S/C15H25N5S/c1-2-16-13-17-14(20-10-6-7-11-20)19-15(18-13)21-12-8-4-3-5-9-12/h12H,2-11H2,1H3,(H,16,17,18,19). The second-order valence-corrected chi connectivity index (χ2v) is 7.11. The Morgan fingerprint density at radius 2 is 1.81 bits per heavy atom. The van der Waals surface area contributed by atoms with Gasteiger partial charge in [0.05, 0.1) is 0 Å². The predicted molar refractivity (Wildman–Crippen MR) is 88.2 cm³/mol. The second-order valence-electron chi connectivity index (χ2n) is 5.84. The van der Waals surface area contributed by atoms with E-state index in [0.29, 0.717) is 5.25 Å². The summed E-state index contributed by atoms with van der Waals surface area (Å²) in [6.07, 6.45) is 9.16. The zero-order valence-electron chi connectivity index (χ0n) is 12.8. The monoisotopic (exact) mass is 307 g/mol. The van der Waals surface area contributed by atoms with Crippen molar-refractivity contribution in [3.63, 3.8) is 0 Å². The van der Waals surface area contributed by atoms with E-state index in [9.17, 15) is 0 Å². The molecule has 0 spiro atoms. The molecule has 5 nitrogen and oxygen atoms in total. The topological polar surface area (TPSA) is 53.9 Å². The van der Waals surface area contributed by atoms with Crippen molar-refractivity contribution in [3.8, 4) is 0 Å². The van der Waals surface area contributed by atoms with E-state index >= 15 is 0 Å². The summed E-state index contributed by atoms with van der Waals surface area (Å²) in [5.41, 5.74) is 0. The zero-order valence-corrected chi connectivity index (χ0v) is 13.7. The molecule has 0 bridgehead atoms. The fraction of sp³-hybridized carbons (Fsp3) is 0.800. The van der Waals surface area contributed by atoms with Crippen LogP contribution in [-0.2, 0) is 0 Å². The molecule has 0 radical (unpaired) electrons. The molecule has 1 aliphatic heterocycles. The summed E-state index contributed by atoms with van der Waals surface area (Å²) in [6.45, 7) is 5.07. The van der Waals surface area contributed by atoms with Crippen LogP contribution in [0.5, 0.6) is 0 Å². The first-order chi connectivity index (χ1) is 10.3. The molecule has 1 aromatic rings. The highest BCUT2D eigenvalue weighted by Gasteiger charge is 2.20. The van der Waals surface area contributed by atoms with Crippen LogP contribution in [0.4, 0.5) is 11.9 Å². The van der Waals surface area contributed by atoms with Gasteiger partial charge in [-0.1, -0.05) is 31.0 Å². The molecular weight excluding hydrogens is 282 g/mol. The fourth-order valence-electron chi connectivity index (χ4n) is 3.03. The quantitative estimate of drug-likeness (QED) is 0.900. The van der Waals surface area contributed by atoms with Gasteiger partial charge in [0.25, 0.3) is 0 Å². The summed E-state index contributed by atoms with van der Waals surface area (Å²) in [5, 5.41) is 4.83. The van der Waals surface area contributed by atoms with Gasteiger partial charge in [-0.3, -0.25) is 0 Å². The van der Waals surface area contributed by atoms with E-state index < -0.39 is 0 Å². The van der Waals surface area contributed by atoms with Gasteiger partial charge in [-0.2, -0.15) is 15.0 Å². The van der Waals surface area contributed by atoms with Crippen LogP contribution < -0.4 is 10.2 Å².